The second-order valence-corrected chi connectivity index (χ2v) is 9.84. The van der Waals surface area contributed by atoms with E-state index in [1.807, 2.05) is 31.2 Å². The number of nitrogens with one attached hydrogen (secondary N) is 1. The fourth-order valence-electron chi connectivity index (χ4n) is 2.38. The fourth-order valence-corrected chi connectivity index (χ4v) is 3.32. The number of aryl methyl sites for hydroxylation is 1. The first-order valence-corrected chi connectivity index (χ1v) is 10.0. The minimum atomic E-state index is -3.72. The van der Waals surface area contributed by atoms with Gasteiger partial charge in [0.15, 0.2) is 0 Å². The molecule has 0 saturated carbocycles. The largest absolute Gasteiger partial charge is 0.481 e. The zero-order valence-electron chi connectivity index (χ0n) is 15.9. The molecule has 27 heavy (non-hydrogen) atoms. The molecule has 1 atom stereocenters. The van der Waals surface area contributed by atoms with Gasteiger partial charge in [-0.25, -0.2) is 13.1 Å². The highest BCUT2D eigenvalue weighted by molar-refractivity contribution is 7.90. The molecule has 0 aromatic heterocycles. The quantitative estimate of drug-likeness (QED) is 0.744. The van der Waals surface area contributed by atoms with Gasteiger partial charge in [0.2, 0.25) is 10.0 Å². The third-order valence-electron chi connectivity index (χ3n) is 3.97. The van der Waals surface area contributed by atoms with Crippen LogP contribution in [0.4, 0.5) is 0 Å². The molecule has 0 unspecified atom stereocenters. The molecule has 146 valence electrons. The maximum absolute atomic E-state index is 12.5. The summed E-state index contributed by atoms with van der Waals surface area (Å²) in [6, 6.07) is 13.4. The summed E-state index contributed by atoms with van der Waals surface area (Å²) in [7, 11) is -3.72. The summed E-state index contributed by atoms with van der Waals surface area (Å²) < 4.78 is 32.3. The van der Waals surface area contributed by atoms with E-state index in [4.69, 9.17) is 4.74 Å². The Labute approximate surface area is 160 Å². The zero-order valence-corrected chi connectivity index (χ0v) is 16.7. The van der Waals surface area contributed by atoms with E-state index >= 15 is 0 Å². The van der Waals surface area contributed by atoms with Gasteiger partial charge in [0.25, 0.3) is 0 Å². The molecule has 0 fully saturated rings. The average Bonchev–Trinajstić information content (AvgIpc) is 2.53. The Kier molecular flexibility index (Phi) is 6.28. The molecule has 0 saturated heterocycles. The Bertz CT molecular complexity index is 916. The summed E-state index contributed by atoms with van der Waals surface area (Å²) in [4.78, 5) is 11.3. The van der Waals surface area contributed by atoms with Crippen LogP contribution in [-0.4, -0.2) is 24.2 Å². The first-order chi connectivity index (χ1) is 12.5. The van der Waals surface area contributed by atoms with Crippen LogP contribution in [0.5, 0.6) is 11.5 Å². The molecule has 0 aliphatic carbocycles. The highest BCUT2D eigenvalue weighted by Crippen LogP contribution is 2.28. The third-order valence-corrected chi connectivity index (χ3v) is 6.18. The molecule has 2 N–H and O–H groups in total. The van der Waals surface area contributed by atoms with Gasteiger partial charge in [-0.3, -0.25) is 4.79 Å². The standard InChI is InChI=1S/C20H25NO5S/c1-14-7-5-9-16(11-14)26-17-10-6-8-15(12-17)18(13-19(22)23)21-27(24,25)20(2,3)4/h5-12,18,21H,13H2,1-4H3,(H,22,23)/t18-/m1/s1. The number of aliphatic carboxylic acids is 1. The molecule has 2 aromatic carbocycles. The molecule has 2 aromatic rings. The lowest BCUT2D eigenvalue weighted by molar-refractivity contribution is -0.137. The van der Waals surface area contributed by atoms with Crippen LogP contribution in [0.3, 0.4) is 0 Å². The normalized spacial score (nSPS) is 13.2. The van der Waals surface area contributed by atoms with Crippen LogP contribution in [0, 0.1) is 6.92 Å². The molecule has 0 bridgehead atoms. The van der Waals surface area contributed by atoms with Crippen molar-refractivity contribution in [2.24, 2.45) is 0 Å². The summed E-state index contributed by atoms with van der Waals surface area (Å²) in [5, 5.41) is 9.21. The Balaban J connectivity index is 2.32. The summed E-state index contributed by atoms with van der Waals surface area (Å²) >= 11 is 0. The van der Waals surface area contributed by atoms with Crippen molar-refractivity contribution in [3.05, 3.63) is 59.7 Å². The van der Waals surface area contributed by atoms with Gasteiger partial charge in [-0.15, -0.1) is 0 Å². The maximum atomic E-state index is 12.5. The van der Waals surface area contributed by atoms with Crippen molar-refractivity contribution in [1.29, 1.82) is 0 Å². The highest BCUT2D eigenvalue weighted by Gasteiger charge is 2.32. The van der Waals surface area contributed by atoms with Gasteiger partial charge < -0.3 is 9.84 Å². The minimum Gasteiger partial charge on any atom is -0.481 e. The molecule has 0 aliphatic heterocycles. The summed E-state index contributed by atoms with van der Waals surface area (Å²) in [6.45, 7) is 6.63. The Morgan fingerprint density at radius 2 is 1.70 bits per heavy atom. The number of sulfonamides is 1. The number of hydrogen-bond acceptors (Lipinski definition) is 4. The van der Waals surface area contributed by atoms with Crippen molar-refractivity contribution in [1.82, 2.24) is 4.72 Å². The Hall–Kier alpha value is -2.38. The third kappa shape index (κ3) is 5.80. The monoisotopic (exact) mass is 391 g/mol. The molecule has 7 heteroatoms. The molecule has 0 spiro atoms. The lowest BCUT2D eigenvalue weighted by Gasteiger charge is -2.25. The predicted octanol–water partition coefficient (Wildman–Crippen LogP) is 4.02. The first-order valence-electron chi connectivity index (χ1n) is 8.56. The SMILES string of the molecule is Cc1cccc(Oc2cccc([C@@H](CC(=O)O)NS(=O)(=O)C(C)(C)C)c2)c1. The molecule has 0 heterocycles. The number of benzene rings is 2. The van der Waals surface area contributed by atoms with Gasteiger partial charge in [-0.05, 0) is 63.1 Å². The average molecular weight is 391 g/mol. The lowest BCUT2D eigenvalue weighted by atomic mass is 10.0. The maximum Gasteiger partial charge on any atom is 0.305 e. The van der Waals surface area contributed by atoms with Crippen molar-refractivity contribution >= 4 is 16.0 Å². The van der Waals surface area contributed by atoms with E-state index in [1.165, 1.54) is 0 Å². The highest BCUT2D eigenvalue weighted by atomic mass is 32.2. The van der Waals surface area contributed by atoms with E-state index in [0.717, 1.165) is 5.56 Å². The fraction of sp³-hybridized carbons (Fsp3) is 0.350. The van der Waals surface area contributed by atoms with Crippen LogP contribution in [0.1, 0.15) is 44.4 Å². The molecule has 0 aliphatic rings. The van der Waals surface area contributed by atoms with Crippen LogP contribution in [0.15, 0.2) is 48.5 Å². The van der Waals surface area contributed by atoms with E-state index in [0.29, 0.717) is 17.1 Å². The van der Waals surface area contributed by atoms with Gasteiger partial charge in [0, 0.05) is 0 Å². The van der Waals surface area contributed by atoms with Crippen molar-refractivity contribution in [3.8, 4) is 11.5 Å². The Morgan fingerprint density at radius 1 is 1.11 bits per heavy atom. The van der Waals surface area contributed by atoms with Crippen LogP contribution in [-0.2, 0) is 14.8 Å². The van der Waals surface area contributed by atoms with Crippen molar-refractivity contribution < 1.29 is 23.1 Å². The van der Waals surface area contributed by atoms with E-state index in [9.17, 15) is 18.3 Å². The number of carboxylic acids is 1. The summed E-state index contributed by atoms with van der Waals surface area (Å²) in [5.41, 5.74) is 1.57. The van der Waals surface area contributed by atoms with E-state index in [2.05, 4.69) is 4.72 Å². The van der Waals surface area contributed by atoms with Gasteiger partial charge in [-0.1, -0.05) is 24.3 Å². The molecular formula is C20H25NO5S. The number of ether oxygens (including phenoxy) is 1. The number of rotatable bonds is 7. The minimum absolute atomic E-state index is 0.372. The molecule has 0 amide bonds. The number of carbonyl (C=O) groups is 1. The van der Waals surface area contributed by atoms with Crippen LogP contribution < -0.4 is 9.46 Å². The molecular weight excluding hydrogens is 366 g/mol. The van der Waals surface area contributed by atoms with Crippen LogP contribution >= 0.6 is 0 Å². The van der Waals surface area contributed by atoms with E-state index < -0.39 is 26.8 Å². The van der Waals surface area contributed by atoms with Crippen molar-refractivity contribution in [2.45, 2.75) is 44.9 Å². The van der Waals surface area contributed by atoms with Crippen molar-refractivity contribution in [2.75, 3.05) is 0 Å². The molecule has 2 rings (SSSR count). The van der Waals surface area contributed by atoms with E-state index in [1.54, 1.807) is 45.0 Å². The Morgan fingerprint density at radius 3 is 2.26 bits per heavy atom. The smallest absolute Gasteiger partial charge is 0.305 e. The summed E-state index contributed by atoms with van der Waals surface area (Å²) in [6.07, 6.45) is -0.372. The van der Waals surface area contributed by atoms with Gasteiger partial charge in [-0.2, -0.15) is 0 Å². The first kappa shape index (κ1) is 20.9. The van der Waals surface area contributed by atoms with Crippen LogP contribution in [0.2, 0.25) is 0 Å². The second-order valence-electron chi connectivity index (χ2n) is 7.38. The molecule has 6 nitrogen and oxygen atoms in total. The lowest BCUT2D eigenvalue weighted by Crippen LogP contribution is -2.41. The topological polar surface area (TPSA) is 92.7 Å². The number of hydrogen-bond donors (Lipinski definition) is 2. The van der Waals surface area contributed by atoms with Gasteiger partial charge in [0.05, 0.1) is 17.2 Å². The van der Waals surface area contributed by atoms with Crippen LogP contribution in [0.25, 0.3) is 0 Å². The van der Waals surface area contributed by atoms with Gasteiger partial charge in [0.1, 0.15) is 11.5 Å². The van der Waals surface area contributed by atoms with Gasteiger partial charge >= 0.3 is 5.97 Å². The summed E-state index contributed by atoms with van der Waals surface area (Å²) in [5.74, 6) is 0.0577. The second kappa shape index (κ2) is 8.10. The zero-order chi connectivity index (χ0) is 20.2. The number of carboxylic acid groups (broad SMARTS) is 1. The molecule has 0 radical (unpaired) electrons. The van der Waals surface area contributed by atoms with Crippen molar-refractivity contribution in [3.63, 3.8) is 0 Å². The predicted molar refractivity (Wildman–Crippen MR) is 104 cm³/mol. The van der Waals surface area contributed by atoms with E-state index in [-0.39, 0.29) is 6.42 Å².